The van der Waals surface area contributed by atoms with Crippen molar-refractivity contribution in [2.75, 3.05) is 13.2 Å². The average molecular weight is 479 g/mol. The summed E-state index contributed by atoms with van der Waals surface area (Å²) in [5.41, 5.74) is 11.9. The Balaban J connectivity index is 2.07. The number of aromatic hydroxyl groups is 1. The standard InChI is InChI=1S/C21H29N5O8/c22-13(8-11-3-5-12(28)6-4-11)20(32)26-7-1-2-16(26)19(31)24-14(9-17(23)29)18(30)25-15(10-27)21(33)34/h3-6,13-16,27-28H,1-2,7-10,22H2,(H2,23,29)(H,24,31)(H,25,30)(H,33,34). The van der Waals surface area contributed by atoms with Crippen molar-refractivity contribution in [2.24, 2.45) is 11.5 Å². The van der Waals surface area contributed by atoms with Gasteiger partial charge in [0.25, 0.3) is 0 Å². The number of amides is 4. The van der Waals surface area contributed by atoms with E-state index in [1.165, 1.54) is 17.0 Å². The lowest BCUT2D eigenvalue weighted by Gasteiger charge is -2.28. The van der Waals surface area contributed by atoms with Gasteiger partial charge in [-0.15, -0.1) is 0 Å². The number of carbonyl (C=O) groups excluding carboxylic acids is 4. The van der Waals surface area contributed by atoms with Crippen LogP contribution in [0.5, 0.6) is 5.75 Å². The Hall–Kier alpha value is -3.71. The van der Waals surface area contributed by atoms with Gasteiger partial charge in [-0.2, -0.15) is 0 Å². The molecule has 0 aromatic heterocycles. The first-order chi connectivity index (χ1) is 16.0. The molecule has 9 N–H and O–H groups in total. The molecule has 34 heavy (non-hydrogen) atoms. The molecule has 1 aromatic rings. The largest absolute Gasteiger partial charge is 0.508 e. The number of carboxylic acid groups (broad SMARTS) is 1. The molecular weight excluding hydrogens is 450 g/mol. The Bertz CT molecular complexity index is 922. The minimum Gasteiger partial charge on any atom is -0.508 e. The quantitative estimate of drug-likeness (QED) is 0.173. The van der Waals surface area contributed by atoms with Crippen LogP contribution >= 0.6 is 0 Å². The maximum Gasteiger partial charge on any atom is 0.328 e. The molecule has 1 aliphatic rings. The Morgan fingerprint density at radius 3 is 2.29 bits per heavy atom. The number of likely N-dealkylation sites (tertiary alicyclic amines) is 1. The maximum absolute atomic E-state index is 12.9. The number of nitrogens with zero attached hydrogens (tertiary/aromatic N) is 1. The summed E-state index contributed by atoms with van der Waals surface area (Å²) in [6.45, 7) is -0.638. The predicted octanol–water partition coefficient (Wildman–Crippen LogP) is -2.83. The highest BCUT2D eigenvalue weighted by Gasteiger charge is 2.38. The van der Waals surface area contributed by atoms with Crippen LogP contribution in [0.15, 0.2) is 24.3 Å². The van der Waals surface area contributed by atoms with Crippen molar-refractivity contribution in [3.8, 4) is 5.75 Å². The fourth-order valence-electron chi connectivity index (χ4n) is 3.63. The van der Waals surface area contributed by atoms with Gasteiger partial charge >= 0.3 is 5.97 Å². The molecule has 1 saturated heterocycles. The molecular formula is C21H29N5O8. The van der Waals surface area contributed by atoms with Gasteiger partial charge in [0.2, 0.25) is 23.6 Å². The number of phenols is 1. The van der Waals surface area contributed by atoms with Crippen LogP contribution in [-0.4, -0.2) is 87.1 Å². The zero-order valence-electron chi connectivity index (χ0n) is 18.3. The van der Waals surface area contributed by atoms with Crippen molar-refractivity contribution in [3.05, 3.63) is 29.8 Å². The van der Waals surface area contributed by atoms with Crippen molar-refractivity contribution in [1.29, 1.82) is 0 Å². The molecule has 1 aromatic carbocycles. The average Bonchev–Trinajstić information content (AvgIpc) is 3.27. The zero-order chi connectivity index (χ0) is 25.4. The van der Waals surface area contributed by atoms with Crippen LogP contribution in [0.1, 0.15) is 24.8 Å². The number of carboxylic acids is 1. The number of benzene rings is 1. The van der Waals surface area contributed by atoms with Crippen molar-refractivity contribution < 1.29 is 39.3 Å². The molecule has 186 valence electrons. The minimum atomic E-state index is -1.64. The molecule has 13 nitrogen and oxygen atoms in total. The zero-order valence-corrected chi connectivity index (χ0v) is 18.3. The fraction of sp³-hybridized carbons (Fsp3) is 0.476. The summed E-state index contributed by atoms with van der Waals surface area (Å²) in [6, 6.07) is 1.14. The van der Waals surface area contributed by atoms with Crippen LogP contribution in [-0.2, 0) is 30.4 Å². The number of aliphatic carboxylic acids is 1. The van der Waals surface area contributed by atoms with E-state index in [1.54, 1.807) is 12.1 Å². The first-order valence-electron chi connectivity index (χ1n) is 10.6. The van der Waals surface area contributed by atoms with E-state index in [9.17, 15) is 29.1 Å². The molecule has 4 amide bonds. The molecule has 1 fully saturated rings. The number of hydrogen-bond acceptors (Lipinski definition) is 8. The number of aliphatic hydroxyl groups is 1. The second-order valence-electron chi connectivity index (χ2n) is 7.98. The number of hydrogen-bond donors (Lipinski definition) is 7. The minimum absolute atomic E-state index is 0.0724. The number of phenolic OH excluding ortho intramolecular Hbond substituents is 1. The van der Waals surface area contributed by atoms with Crippen LogP contribution in [0.4, 0.5) is 0 Å². The van der Waals surface area contributed by atoms with E-state index in [0.29, 0.717) is 18.4 Å². The maximum atomic E-state index is 12.9. The van der Waals surface area contributed by atoms with Gasteiger partial charge in [-0.05, 0) is 37.0 Å². The Labute approximate surface area is 195 Å². The molecule has 4 atom stereocenters. The van der Waals surface area contributed by atoms with Crippen LogP contribution < -0.4 is 22.1 Å². The summed E-state index contributed by atoms with van der Waals surface area (Å²) in [6.07, 6.45) is 0.363. The SMILES string of the molecule is NC(=O)CC(NC(=O)C1CCCN1C(=O)C(N)Cc1ccc(O)cc1)C(=O)NC(CO)C(=O)O. The van der Waals surface area contributed by atoms with E-state index in [4.69, 9.17) is 21.7 Å². The van der Waals surface area contributed by atoms with Crippen molar-refractivity contribution in [3.63, 3.8) is 0 Å². The van der Waals surface area contributed by atoms with Gasteiger partial charge in [-0.25, -0.2) is 4.79 Å². The van der Waals surface area contributed by atoms with Crippen molar-refractivity contribution >= 4 is 29.6 Å². The monoisotopic (exact) mass is 479 g/mol. The number of carbonyl (C=O) groups is 5. The van der Waals surface area contributed by atoms with Crippen molar-refractivity contribution in [1.82, 2.24) is 15.5 Å². The summed E-state index contributed by atoms with van der Waals surface area (Å²) in [4.78, 5) is 62.0. The van der Waals surface area contributed by atoms with E-state index in [-0.39, 0.29) is 18.7 Å². The number of aliphatic hydroxyl groups excluding tert-OH is 1. The van der Waals surface area contributed by atoms with E-state index in [2.05, 4.69) is 5.32 Å². The third-order valence-electron chi connectivity index (χ3n) is 5.38. The molecule has 0 aliphatic carbocycles. The lowest BCUT2D eigenvalue weighted by atomic mass is 10.0. The van der Waals surface area contributed by atoms with E-state index in [0.717, 1.165) is 0 Å². The smallest absolute Gasteiger partial charge is 0.328 e. The molecule has 0 saturated carbocycles. The van der Waals surface area contributed by atoms with Gasteiger partial charge in [0.1, 0.15) is 23.9 Å². The number of nitrogens with one attached hydrogen (secondary N) is 2. The van der Waals surface area contributed by atoms with E-state index < -0.39 is 66.8 Å². The molecule has 1 heterocycles. The molecule has 0 bridgehead atoms. The lowest BCUT2D eigenvalue weighted by Crippen LogP contribution is -2.57. The molecule has 2 rings (SSSR count). The Morgan fingerprint density at radius 1 is 1.09 bits per heavy atom. The molecule has 0 spiro atoms. The topological polar surface area (TPSA) is 225 Å². The summed E-state index contributed by atoms with van der Waals surface area (Å²) in [7, 11) is 0. The first-order valence-corrected chi connectivity index (χ1v) is 10.6. The molecule has 0 radical (unpaired) electrons. The fourth-order valence-corrected chi connectivity index (χ4v) is 3.63. The molecule has 1 aliphatic heterocycles. The molecule has 4 unspecified atom stereocenters. The van der Waals surface area contributed by atoms with Gasteiger partial charge < -0.3 is 42.3 Å². The summed E-state index contributed by atoms with van der Waals surface area (Å²) in [5, 5.41) is 31.8. The molecule has 13 heteroatoms. The van der Waals surface area contributed by atoms with Gasteiger partial charge in [0, 0.05) is 6.54 Å². The first kappa shape index (κ1) is 26.5. The summed E-state index contributed by atoms with van der Waals surface area (Å²) in [5.74, 6) is -4.58. The van der Waals surface area contributed by atoms with E-state index >= 15 is 0 Å². The lowest BCUT2D eigenvalue weighted by molar-refractivity contribution is -0.144. The summed E-state index contributed by atoms with van der Waals surface area (Å²) < 4.78 is 0. The van der Waals surface area contributed by atoms with E-state index in [1.807, 2.05) is 5.32 Å². The van der Waals surface area contributed by atoms with Crippen LogP contribution in [0.3, 0.4) is 0 Å². The Morgan fingerprint density at radius 2 is 1.74 bits per heavy atom. The van der Waals surface area contributed by atoms with Gasteiger partial charge in [-0.1, -0.05) is 12.1 Å². The number of primary amides is 1. The third kappa shape index (κ3) is 7.15. The van der Waals surface area contributed by atoms with Gasteiger partial charge in [-0.3, -0.25) is 19.2 Å². The highest BCUT2D eigenvalue weighted by atomic mass is 16.4. The van der Waals surface area contributed by atoms with Crippen LogP contribution in [0.2, 0.25) is 0 Å². The van der Waals surface area contributed by atoms with Gasteiger partial charge in [0.05, 0.1) is 19.1 Å². The second kappa shape index (κ2) is 12.0. The van der Waals surface area contributed by atoms with Crippen molar-refractivity contribution in [2.45, 2.75) is 49.9 Å². The highest BCUT2D eigenvalue weighted by Crippen LogP contribution is 2.20. The van der Waals surface area contributed by atoms with Crippen LogP contribution in [0, 0.1) is 0 Å². The third-order valence-corrected chi connectivity index (χ3v) is 5.38. The van der Waals surface area contributed by atoms with Crippen LogP contribution in [0.25, 0.3) is 0 Å². The second-order valence-corrected chi connectivity index (χ2v) is 7.98. The number of rotatable bonds is 11. The normalized spacial score (nSPS) is 17.9. The highest BCUT2D eigenvalue weighted by molar-refractivity contribution is 5.96. The van der Waals surface area contributed by atoms with Gasteiger partial charge in [0.15, 0.2) is 0 Å². The Kier molecular flexibility index (Phi) is 9.33. The number of nitrogens with two attached hydrogens (primary N) is 2. The summed E-state index contributed by atoms with van der Waals surface area (Å²) >= 11 is 0. The predicted molar refractivity (Wildman–Crippen MR) is 117 cm³/mol.